The number of rotatable bonds is 4. The van der Waals surface area contributed by atoms with Crippen molar-refractivity contribution >= 4 is 22.8 Å². The van der Waals surface area contributed by atoms with Crippen LogP contribution in [0.1, 0.15) is 22.3 Å². The van der Waals surface area contributed by atoms with Gasteiger partial charge in [-0.15, -0.1) is 0 Å². The smallest absolute Gasteiger partial charge is 0.0803 e. The van der Waals surface area contributed by atoms with Gasteiger partial charge < -0.3 is 0 Å². The maximum Gasteiger partial charge on any atom is 0.0803 e. The largest absolute Gasteiger partial charge is 0.256 e. The van der Waals surface area contributed by atoms with Crippen LogP contribution >= 0.6 is 0 Å². The molecule has 0 bridgehead atoms. The summed E-state index contributed by atoms with van der Waals surface area (Å²) < 4.78 is 0. The molecule has 4 aromatic carbocycles. The SMILES string of the molecule is c1ccc(-c2ccc(/C3=N/c4ccccc4/C(c4ccc(-c5ccccn5)cc4)=N\c4ccccc43)cc2)nc1. The van der Waals surface area contributed by atoms with E-state index < -0.39 is 0 Å². The fraction of sp³-hybridized carbons (Fsp3) is 0. The molecule has 0 saturated carbocycles. The lowest BCUT2D eigenvalue weighted by molar-refractivity contribution is 1.32. The Morgan fingerprint density at radius 3 is 1.10 bits per heavy atom. The molecule has 188 valence electrons. The van der Waals surface area contributed by atoms with Crippen molar-refractivity contribution in [3.63, 3.8) is 0 Å². The highest BCUT2D eigenvalue weighted by atomic mass is 14.8. The molecule has 0 saturated heterocycles. The second kappa shape index (κ2) is 10.4. The molecule has 0 radical (unpaired) electrons. The normalized spacial score (nSPS) is 14.9. The number of nitrogens with zero attached hydrogens (tertiary/aromatic N) is 4. The standard InChI is InChI=1S/C36H24N4/c1-3-13-33-29(9-1)35(27-19-15-25(16-20-27)31-11-5-7-23-37-31)40-34-14-4-2-10-30(34)36(39-33)28-21-17-26(18-22-28)32-12-6-8-24-38-32/h1-24H/b35-29?,36-30?,39-33?,39-36-,40-34?,40-35-. The lowest BCUT2D eigenvalue weighted by atomic mass is 9.95. The van der Waals surface area contributed by atoms with Crippen LogP contribution < -0.4 is 0 Å². The van der Waals surface area contributed by atoms with Gasteiger partial charge in [0.2, 0.25) is 0 Å². The van der Waals surface area contributed by atoms with Gasteiger partial charge in [-0.1, -0.05) is 97.1 Å². The molecule has 0 atom stereocenters. The number of benzene rings is 4. The summed E-state index contributed by atoms with van der Waals surface area (Å²) in [5.41, 5.74) is 11.6. The Hall–Kier alpha value is -5.48. The Balaban J connectivity index is 1.34. The van der Waals surface area contributed by atoms with Gasteiger partial charge >= 0.3 is 0 Å². The number of aromatic nitrogens is 2. The minimum atomic E-state index is 0.883. The summed E-state index contributed by atoms with van der Waals surface area (Å²) in [5, 5.41) is 0. The molecule has 4 nitrogen and oxygen atoms in total. The Morgan fingerprint density at radius 1 is 0.325 bits per heavy atom. The highest BCUT2D eigenvalue weighted by Gasteiger charge is 2.20. The molecule has 2 aromatic heterocycles. The first-order valence-corrected chi connectivity index (χ1v) is 13.2. The van der Waals surface area contributed by atoms with E-state index in [9.17, 15) is 0 Å². The van der Waals surface area contributed by atoms with Crippen LogP contribution in [-0.2, 0) is 0 Å². The van der Waals surface area contributed by atoms with E-state index >= 15 is 0 Å². The molecular weight excluding hydrogens is 488 g/mol. The molecule has 0 unspecified atom stereocenters. The van der Waals surface area contributed by atoms with Crippen molar-refractivity contribution in [2.75, 3.05) is 0 Å². The summed E-state index contributed by atoms with van der Waals surface area (Å²) >= 11 is 0. The molecule has 1 aliphatic heterocycles. The number of para-hydroxylation sites is 2. The average molecular weight is 513 g/mol. The van der Waals surface area contributed by atoms with Crippen molar-refractivity contribution in [1.29, 1.82) is 0 Å². The highest BCUT2D eigenvalue weighted by Crippen LogP contribution is 2.34. The van der Waals surface area contributed by atoms with E-state index in [-0.39, 0.29) is 0 Å². The van der Waals surface area contributed by atoms with Crippen molar-refractivity contribution in [3.05, 3.63) is 168 Å². The Bertz CT molecular complexity index is 1710. The van der Waals surface area contributed by atoms with Crippen LogP contribution in [0, 0.1) is 0 Å². The third kappa shape index (κ3) is 4.52. The zero-order valence-electron chi connectivity index (χ0n) is 21.6. The third-order valence-electron chi connectivity index (χ3n) is 7.02. The molecule has 3 heterocycles. The van der Waals surface area contributed by atoms with Gasteiger partial charge in [-0.25, -0.2) is 9.98 Å². The predicted molar refractivity (Wildman–Crippen MR) is 163 cm³/mol. The van der Waals surface area contributed by atoms with Crippen LogP contribution in [0.3, 0.4) is 0 Å². The first kappa shape index (κ1) is 23.6. The summed E-state index contributed by atoms with van der Waals surface area (Å²) in [4.78, 5) is 19.5. The number of aliphatic imine (C=N–C) groups is 2. The van der Waals surface area contributed by atoms with Crippen molar-refractivity contribution < 1.29 is 0 Å². The fourth-order valence-electron chi connectivity index (χ4n) is 5.01. The topological polar surface area (TPSA) is 50.5 Å². The minimum Gasteiger partial charge on any atom is -0.256 e. The molecule has 0 fully saturated rings. The van der Waals surface area contributed by atoms with E-state index in [0.717, 1.165) is 67.6 Å². The number of hydrogen-bond donors (Lipinski definition) is 0. The Labute approximate surface area is 233 Å². The number of hydrogen-bond acceptors (Lipinski definition) is 4. The number of fused-ring (bicyclic) bond motifs is 2. The van der Waals surface area contributed by atoms with Crippen LogP contribution in [0.15, 0.2) is 156 Å². The quantitative estimate of drug-likeness (QED) is 0.237. The monoisotopic (exact) mass is 512 g/mol. The summed E-state index contributed by atoms with van der Waals surface area (Å²) in [6.07, 6.45) is 3.63. The van der Waals surface area contributed by atoms with Gasteiger partial charge in [0.15, 0.2) is 0 Å². The molecule has 0 spiro atoms. The maximum absolute atomic E-state index is 5.26. The molecular formula is C36H24N4. The summed E-state index contributed by atoms with van der Waals surface area (Å²) in [7, 11) is 0. The molecule has 1 aliphatic rings. The van der Waals surface area contributed by atoms with E-state index in [1.807, 2.05) is 73.1 Å². The lowest BCUT2D eigenvalue weighted by Crippen LogP contribution is -2.10. The first-order valence-electron chi connectivity index (χ1n) is 13.2. The summed E-state index contributed by atoms with van der Waals surface area (Å²) in [6, 6.07) is 45.2. The minimum absolute atomic E-state index is 0.883. The van der Waals surface area contributed by atoms with E-state index in [1.165, 1.54) is 0 Å². The molecule has 0 N–H and O–H groups in total. The van der Waals surface area contributed by atoms with Gasteiger partial charge in [0, 0.05) is 45.8 Å². The third-order valence-corrected chi connectivity index (χ3v) is 7.02. The molecule has 7 rings (SSSR count). The summed E-state index contributed by atoms with van der Waals surface area (Å²) in [5.74, 6) is 0. The second-order valence-corrected chi connectivity index (χ2v) is 9.54. The maximum atomic E-state index is 5.26. The van der Waals surface area contributed by atoms with E-state index in [1.54, 1.807) is 0 Å². The Kier molecular flexibility index (Phi) is 6.11. The average Bonchev–Trinajstić information content (AvgIpc) is 3.03. The predicted octanol–water partition coefficient (Wildman–Crippen LogP) is 8.46. The van der Waals surface area contributed by atoms with Gasteiger partial charge in [0.25, 0.3) is 0 Å². The van der Waals surface area contributed by atoms with Gasteiger partial charge in [-0.2, -0.15) is 0 Å². The van der Waals surface area contributed by atoms with Crippen molar-refractivity contribution in [1.82, 2.24) is 9.97 Å². The highest BCUT2D eigenvalue weighted by molar-refractivity contribution is 6.22. The van der Waals surface area contributed by atoms with Gasteiger partial charge in [0.1, 0.15) is 0 Å². The van der Waals surface area contributed by atoms with Gasteiger partial charge in [-0.3, -0.25) is 9.97 Å². The van der Waals surface area contributed by atoms with Crippen LogP contribution in [0.2, 0.25) is 0 Å². The zero-order chi connectivity index (χ0) is 26.7. The fourth-order valence-corrected chi connectivity index (χ4v) is 5.01. The van der Waals surface area contributed by atoms with Crippen molar-refractivity contribution in [2.24, 2.45) is 9.98 Å². The second-order valence-electron chi connectivity index (χ2n) is 9.54. The van der Waals surface area contributed by atoms with E-state index in [4.69, 9.17) is 9.98 Å². The lowest BCUT2D eigenvalue weighted by Gasteiger charge is -2.18. The molecule has 4 heteroatoms. The van der Waals surface area contributed by atoms with Crippen LogP contribution in [0.5, 0.6) is 0 Å². The van der Waals surface area contributed by atoms with Crippen molar-refractivity contribution in [2.45, 2.75) is 0 Å². The van der Waals surface area contributed by atoms with Gasteiger partial charge in [-0.05, 0) is 36.4 Å². The van der Waals surface area contributed by atoms with Crippen LogP contribution in [0.25, 0.3) is 22.5 Å². The molecule has 0 amide bonds. The van der Waals surface area contributed by atoms with Crippen LogP contribution in [-0.4, -0.2) is 21.4 Å². The number of pyridine rings is 2. The van der Waals surface area contributed by atoms with Gasteiger partial charge in [0.05, 0.1) is 34.2 Å². The van der Waals surface area contributed by atoms with E-state index in [0.29, 0.717) is 0 Å². The van der Waals surface area contributed by atoms with Crippen LogP contribution in [0.4, 0.5) is 11.4 Å². The Morgan fingerprint density at radius 2 is 0.700 bits per heavy atom. The first-order chi connectivity index (χ1) is 19.8. The molecule has 6 aromatic rings. The van der Waals surface area contributed by atoms with Crippen molar-refractivity contribution in [3.8, 4) is 22.5 Å². The summed E-state index contributed by atoms with van der Waals surface area (Å²) in [6.45, 7) is 0. The van der Waals surface area contributed by atoms with E-state index in [2.05, 4.69) is 82.8 Å². The zero-order valence-corrected chi connectivity index (χ0v) is 21.6. The molecule has 40 heavy (non-hydrogen) atoms. The molecule has 0 aliphatic carbocycles.